The molecular formula is C34H32N6O2S2. The number of hydrogen-bond donors (Lipinski definition) is 2. The molecule has 8 nitrogen and oxygen atoms in total. The summed E-state index contributed by atoms with van der Waals surface area (Å²) in [7, 11) is 0. The number of aromatic nitrogens is 2. The van der Waals surface area contributed by atoms with E-state index in [9.17, 15) is 9.59 Å². The monoisotopic (exact) mass is 620 g/mol. The number of amides is 4. The minimum atomic E-state index is -0.343. The topological polar surface area (TPSA) is 92.8 Å². The molecule has 0 spiro atoms. The molecule has 2 N–H and O–H groups in total. The van der Waals surface area contributed by atoms with Crippen molar-refractivity contribution in [3.05, 3.63) is 119 Å². The molecule has 0 unspecified atom stereocenters. The zero-order valence-electron chi connectivity index (χ0n) is 24.1. The van der Waals surface area contributed by atoms with E-state index in [0.29, 0.717) is 22.7 Å². The summed E-state index contributed by atoms with van der Waals surface area (Å²) in [4.78, 5) is 35.4. The number of carbonyl (C=O) groups excluding carboxylic acids is 2. The normalized spacial score (nSPS) is 12.2. The first-order chi connectivity index (χ1) is 21.7. The molecule has 0 bridgehead atoms. The minimum Gasteiger partial charge on any atom is -0.336 e. The second-order valence-electron chi connectivity index (χ2n) is 10.1. The number of urea groups is 2. The van der Waals surface area contributed by atoms with Crippen molar-refractivity contribution in [3.8, 4) is 11.4 Å². The highest BCUT2D eigenvalue weighted by molar-refractivity contribution is 7.16. The van der Waals surface area contributed by atoms with Gasteiger partial charge in [-0.25, -0.2) is 9.59 Å². The van der Waals surface area contributed by atoms with E-state index in [1.807, 2.05) is 118 Å². The second-order valence-corrected chi connectivity index (χ2v) is 12.2. The summed E-state index contributed by atoms with van der Waals surface area (Å²) in [5, 5.41) is 5.84. The Bertz CT molecular complexity index is 1880. The van der Waals surface area contributed by atoms with Gasteiger partial charge in [0, 0.05) is 24.5 Å². The van der Waals surface area contributed by atoms with Crippen LogP contribution in [0.1, 0.15) is 25.7 Å². The van der Waals surface area contributed by atoms with Crippen LogP contribution < -0.4 is 20.2 Å². The Morgan fingerprint density at radius 1 is 0.523 bits per heavy atom. The van der Waals surface area contributed by atoms with Crippen molar-refractivity contribution in [1.29, 1.82) is 0 Å². The standard InChI is InChI=1S/C34H32N6O2S2/c41-31(37-33-39(25-15-5-3-6-16-25)27-19-9-11-21-29(27)43-33)35-23-13-1-2-14-24-36-32(42)38-34-40(26-17-7-4-8-18-26)28-20-10-12-22-30(28)44-34/h3-12,15-22H,1-2,13-14,23-24H2,(H,35,41)(H,36,42). The lowest BCUT2D eigenvalue weighted by molar-refractivity contribution is 0.247. The van der Waals surface area contributed by atoms with Crippen molar-refractivity contribution in [3.63, 3.8) is 0 Å². The largest absolute Gasteiger partial charge is 0.343 e. The number of nitrogens with zero attached hydrogens (tertiary/aromatic N) is 4. The van der Waals surface area contributed by atoms with E-state index in [1.165, 1.54) is 22.7 Å². The highest BCUT2D eigenvalue weighted by Gasteiger charge is 2.10. The molecule has 4 aromatic carbocycles. The van der Waals surface area contributed by atoms with Crippen molar-refractivity contribution in [2.24, 2.45) is 9.98 Å². The van der Waals surface area contributed by atoms with E-state index in [0.717, 1.165) is 57.5 Å². The number of para-hydroxylation sites is 4. The Morgan fingerprint density at radius 3 is 1.34 bits per heavy atom. The Balaban J connectivity index is 0.978. The van der Waals surface area contributed by atoms with Crippen LogP contribution in [0.2, 0.25) is 0 Å². The molecule has 0 atom stereocenters. The maximum Gasteiger partial charge on any atom is 0.343 e. The van der Waals surface area contributed by atoms with Crippen molar-refractivity contribution < 1.29 is 9.59 Å². The van der Waals surface area contributed by atoms with E-state index in [2.05, 4.69) is 20.6 Å². The molecule has 0 aliphatic rings. The van der Waals surface area contributed by atoms with Gasteiger partial charge in [-0.2, -0.15) is 9.98 Å². The lowest BCUT2D eigenvalue weighted by atomic mass is 10.2. The van der Waals surface area contributed by atoms with E-state index < -0.39 is 0 Å². The molecule has 2 heterocycles. The molecule has 0 saturated carbocycles. The minimum absolute atomic E-state index is 0.343. The lowest BCUT2D eigenvalue weighted by Crippen LogP contribution is -2.25. The summed E-state index contributed by atoms with van der Waals surface area (Å²) in [5.74, 6) is 0. The van der Waals surface area contributed by atoms with Gasteiger partial charge >= 0.3 is 12.1 Å². The van der Waals surface area contributed by atoms with Crippen LogP contribution in [0.4, 0.5) is 9.59 Å². The molecule has 0 aliphatic heterocycles. The maximum atomic E-state index is 12.7. The molecule has 4 amide bonds. The van der Waals surface area contributed by atoms with Gasteiger partial charge in [0.15, 0.2) is 9.60 Å². The highest BCUT2D eigenvalue weighted by Crippen LogP contribution is 2.21. The number of unbranched alkanes of at least 4 members (excludes halogenated alkanes) is 3. The number of fused-ring (bicyclic) bond motifs is 2. The fourth-order valence-electron chi connectivity index (χ4n) is 5.00. The van der Waals surface area contributed by atoms with Crippen LogP contribution in [0.3, 0.4) is 0 Å². The summed E-state index contributed by atoms with van der Waals surface area (Å²) in [6, 6.07) is 35.3. The molecule has 222 valence electrons. The molecule has 0 fully saturated rings. The SMILES string of the molecule is O=C(N=c1sc2ccccc2n1-c1ccccc1)NCCCCCCNC(=O)N=c1sc2ccccc2n1-c1ccccc1. The second kappa shape index (κ2) is 14.1. The highest BCUT2D eigenvalue weighted by atomic mass is 32.1. The first-order valence-electron chi connectivity index (χ1n) is 14.6. The van der Waals surface area contributed by atoms with Crippen LogP contribution in [0, 0.1) is 0 Å². The lowest BCUT2D eigenvalue weighted by Gasteiger charge is -2.06. The first-order valence-corrected chi connectivity index (χ1v) is 16.3. The fourth-order valence-corrected chi connectivity index (χ4v) is 7.06. The van der Waals surface area contributed by atoms with Gasteiger partial charge in [0.05, 0.1) is 20.4 Å². The van der Waals surface area contributed by atoms with Crippen molar-refractivity contribution >= 4 is 55.2 Å². The predicted octanol–water partition coefficient (Wildman–Crippen LogP) is 7.18. The fraction of sp³-hybridized carbons (Fsp3) is 0.176. The number of thiazole rings is 2. The quantitative estimate of drug-likeness (QED) is 0.168. The molecular weight excluding hydrogens is 589 g/mol. The van der Waals surface area contributed by atoms with Gasteiger partial charge in [-0.05, 0) is 61.4 Å². The van der Waals surface area contributed by atoms with E-state index in [-0.39, 0.29) is 12.1 Å². The Hall–Kier alpha value is -4.80. The van der Waals surface area contributed by atoms with Crippen LogP contribution in [-0.2, 0) is 0 Å². The Kier molecular flexibility index (Phi) is 9.39. The van der Waals surface area contributed by atoms with Crippen molar-refractivity contribution in [1.82, 2.24) is 19.8 Å². The maximum absolute atomic E-state index is 12.7. The Labute approximate surface area is 262 Å². The summed E-state index contributed by atoms with van der Waals surface area (Å²) in [6.45, 7) is 1.09. The number of nitrogens with one attached hydrogen (secondary N) is 2. The molecule has 0 saturated heterocycles. The average Bonchev–Trinajstić information content (AvgIpc) is 3.60. The summed E-state index contributed by atoms with van der Waals surface area (Å²) < 4.78 is 6.17. The number of carbonyl (C=O) groups is 2. The number of hydrogen-bond acceptors (Lipinski definition) is 4. The van der Waals surface area contributed by atoms with Gasteiger partial charge in [-0.1, -0.05) is 96.2 Å². The van der Waals surface area contributed by atoms with Crippen molar-refractivity contribution in [2.75, 3.05) is 13.1 Å². The third-order valence-corrected chi connectivity index (χ3v) is 9.12. The Morgan fingerprint density at radius 2 is 0.909 bits per heavy atom. The van der Waals surface area contributed by atoms with Gasteiger partial charge in [-0.3, -0.25) is 9.13 Å². The van der Waals surface area contributed by atoms with E-state index in [4.69, 9.17) is 0 Å². The van der Waals surface area contributed by atoms with Crippen LogP contribution in [0.15, 0.2) is 119 Å². The zero-order valence-corrected chi connectivity index (χ0v) is 25.7. The van der Waals surface area contributed by atoms with E-state index >= 15 is 0 Å². The number of rotatable bonds is 9. The summed E-state index contributed by atoms with van der Waals surface area (Å²) >= 11 is 2.99. The molecule has 0 radical (unpaired) electrons. The average molecular weight is 621 g/mol. The summed E-state index contributed by atoms with van der Waals surface area (Å²) in [6.07, 6.45) is 3.54. The smallest absolute Gasteiger partial charge is 0.336 e. The molecule has 44 heavy (non-hydrogen) atoms. The molecule has 6 aromatic rings. The van der Waals surface area contributed by atoms with Gasteiger partial charge in [0.2, 0.25) is 0 Å². The van der Waals surface area contributed by atoms with Crippen molar-refractivity contribution in [2.45, 2.75) is 25.7 Å². The third kappa shape index (κ3) is 6.88. The molecule has 6 rings (SSSR count). The third-order valence-electron chi connectivity index (χ3n) is 7.08. The van der Waals surface area contributed by atoms with Crippen LogP contribution in [-0.4, -0.2) is 34.3 Å². The number of benzene rings is 4. The van der Waals surface area contributed by atoms with Crippen LogP contribution >= 0.6 is 22.7 Å². The molecule has 10 heteroatoms. The van der Waals surface area contributed by atoms with Gasteiger partial charge < -0.3 is 10.6 Å². The van der Waals surface area contributed by atoms with Crippen LogP contribution in [0.25, 0.3) is 31.8 Å². The van der Waals surface area contributed by atoms with Crippen LogP contribution in [0.5, 0.6) is 0 Å². The van der Waals surface area contributed by atoms with Gasteiger partial charge in [0.1, 0.15) is 0 Å². The summed E-state index contributed by atoms with van der Waals surface area (Å²) in [5.41, 5.74) is 3.98. The van der Waals surface area contributed by atoms with Gasteiger partial charge in [0.25, 0.3) is 0 Å². The first kappa shape index (κ1) is 29.3. The van der Waals surface area contributed by atoms with Gasteiger partial charge in [-0.15, -0.1) is 0 Å². The molecule has 0 aliphatic carbocycles. The predicted molar refractivity (Wildman–Crippen MR) is 179 cm³/mol. The van der Waals surface area contributed by atoms with E-state index in [1.54, 1.807) is 0 Å². The zero-order chi connectivity index (χ0) is 30.1. The molecule has 2 aromatic heterocycles.